The summed E-state index contributed by atoms with van der Waals surface area (Å²) in [7, 11) is 0. The smallest absolute Gasteiger partial charge is 0.338 e. The van der Waals surface area contributed by atoms with Crippen LogP contribution in [0.4, 0.5) is 5.69 Å². The lowest BCUT2D eigenvalue weighted by atomic mass is 10.1. The lowest BCUT2D eigenvalue weighted by molar-refractivity contribution is -0.119. The molecule has 0 saturated carbocycles. The van der Waals surface area contributed by atoms with Gasteiger partial charge < -0.3 is 10.1 Å². The van der Waals surface area contributed by atoms with Crippen LogP contribution in [0.1, 0.15) is 15.9 Å². The van der Waals surface area contributed by atoms with E-state index in [0.717, 1.165) is 9.13 Å². The first-order valence-electron chi connectivity index (χ1n) is 6.34. The Kier molecular flexibility index (Phi) is 5.32. The fraction of sp³-hybridized carbons (Fsp3) is 0.125. The second kappa shape index (κ2) is 7.21. The highest BCUT2D eigenvalue weighted by Crippen LogP contribution is 2.12. The molecule has 108 valence electrons. The van der Waals surface area contributed by atoms with Crippen LogP contribution in [-0.4, -0.2) is 18.5 Å². The molecule has 0 bridgehead atoms. The fourth-order valence-electron chi connectivity index (χ4n) is 1.77. The minimum absolute atomic E-state index is 0.307. The van der Waals surface area contributed by atoms with Crippen molar-refractivity contribution in [1.82, 2.24) is 0 Å². The van der Waals surface area contributed by atoms with Crippen LogP contribution in [0.5, 0.6) is 0 Å². The van der Waals surface area contributed by atoms with Crippen LogP contribution in [-0.2, 0) is 9.53 Å². The lowest BCUT2D eigenvalue weighted by Crippen LogP contribution is -2.21. The van der Waals surface area contributed by atoms with Crippen molar-refractivity contribution < 1.29 is 14.3 Å². The van der Waals surface area contributed by atoms with E-state index >= 15 is 0 Å². The lowest BCUT2D eigenvalue weighted by Gasteiger charge is -2.08. The molecule has 4 nitrogen and oxygen atoms in total. The molecule has 0 unspecified atom stereocenters. The number of hydrogen-bond donors (Lipinski definition) is 1. The Morgan fingerprint density at radius 1 is 1.14 bits per heavy atom. The zero-order valence-electron chi connectivity index (χ0n) is 11.4. The number of anilines is 1. The van der Waals surface area contributed by atoms with Crippen LogP contribution >= 0.6 is 22.6 Å². The molecule has 2 aromatic carbocycles. The first-order valence-corrected chi connectivity index (χ1v) is 7.42. The third-order valence-electron chi connectivity index (χ3n) is 2.81. The summed E-state index contributed by atoms with van der Waals surface area (Å²) in [6.45, 7) is 1.52. The molecule has 21 heavy (non-hydrogen) atoms. The highest BCUT2D eigenvalue weighted by atomic mass is 127. The highest BCUT2D eigenvalue weighted by molar-refractivity contribution is 14.1. The molecule has 0 aliphatic rings. The van der Waals surface area contributed by atoms with Gasteiger partial charge in [0.15, 0.2) is 6.61 Å². The number of ether oxygens (including phenoxy) is 1. The maximum atomic E-state index is 11.9. The maximum absolute atomic E-state index is 11.9. The number of rotatable bonds is 4. The van der Waals surface area contributed by atoms with Gasteiger partial charge >= 0.3 is 5.97 Å². The SMILES string of the molecule is Cc1ccccc1C(=O)OCC(=O)Nc1cccc(I)c1. The van der Waals surface area contributed by atoms with Crippen molar-refractivity contribution in [1.29, 1.82) is 0 Å². The summed E-state index contributed by atoms with van der Waals surface area (Å²) in [5, 5.41) is 2.68. The van der Waals surface area contributed by atoms with Gasteiger partial charge in [0.25, 0.3) is 5.91 Å². The maximum Gasteiger partial charge on any atom is 0.338 e. The predicted molar refractivity (Wildman–Crippen MR) is 89.3 cm³/mol. The van der Waals surface area contributed by atoms with Crippen LogP contribution in [0.25, 0.3) is 0 Å². The number of aryl methyl sites for hydroxylation is 1. The van der Waals surface area contributed by atoms with Crippen LogP contribution in [0.15, 0.2) is 48.5 Å². The molecular weight excluding hydrogens is 381 g/mol. The molecule has 0 radical (unpaired) electrons. The Balaban J connectivity index is 1.90. The van der Waals surface area contributed by atoms with Crippen molar-refractivity contribution in [3.63, 3.8) is 0 Å². The molecule has 1 amide bonds. The summed E-state index contributed by atoms with van der Waals surface area (Å²) in [6, 6.07) is 14.5. The Hall–Kier alpha value is -1.89. The predicted octanol–water partition coefficient (Wildman–Crippen LogP) is 3.40. The molecular formula is C16H14INO3. The van der Waals surface area contributed by atoms with Gasteiger partial charge in [0, 0.05) is 9.26 Å². The first kappa shape index (κ1) is 15.5. The molecule has 0 saturated heterocycles. The van der Waals surface area contributed by atoms with Gasteiger partial charge in [-0.15, -0.1) is 0 Å². The van der Waals surface area contributed by atoms with E-state index in [-0.39, 0.29) is 12.5 Å². The summed E-state index contributed by atoms with van der Waals surface area (Å²) in [4.78, 5) is 23.6. The fourth-order valence-corrected chi connectivity index (χ4v) is 2.32. The van der Waals surface area contributed by atoms with Gasteiger partial charge in [-0.25, -0.2) is 4.79 Å². The number of carbonyl (C=O) groups is 2. The quantitative estimate of drug-likeness (QED) is 0.638. The summed E-state index contributed by atoms with van der Waals surface area (Å²) >= 11 is 2.16. The zero-order chi connectivity index (χ0) is 15.2. The molecule has 0 aromatic heterocycles. The second-order valence-corrected chi connectivity index (χ2v) is 5.70. The average Bonchev–Trinajstić information content (AvgIpc) is 2.45. The van der Waals surface area contributed by atoms with E-state index in [9.17, 15) is 9.59 Å². The van der Waals surface area contributed by atoms with Gasteiger partial charge in [0.1, 0.15) is 0 Å². The Bertz CT molecular complexity index is 670. The van der Waals surface area contributed by atoms with Crippen molar-refractivity contribution in [2.45, 2.75) is 6.92 Å². The molecule has 5 heteroatoms. The molecule has 0 heterocycles. The largest absolute Gasteiger partial charge is 0.452 e. The number of halogens is 1. The topological polar surface area (TPSA) is 55.4 Å². The van der Waals surface area contributed by atoms with Crippen molar-refractivity contribution in [2.75, 3.05) is 11.9 Å². The van der Waals surface area contributed by atoms with Gasteiger partial charge in [-0.1, -0.05) is 24.3 Å². The second-order valence-electron chi connectivity index (χ2n) is 4.45. The summed E-state index contributed by atoms with van der Waals surface area (Å²) in [5.41, 5.74) is 1.97. The summed E-state index contributed by atoms with van der Waals surface area (Å²) in [5.74, 6) is -0.857. The van der Waals surface area contributed by atoms with Crippen molar-refractivity contribution in [2.24, 2.45) is 0 Å². The molecule has 0 aliphatic heterocycles. The van der Waals surface area contributed by atoms with Crippen LogP contribution in [0, 0.1) is 10.5 Å². The number of nitrogens with one attached hydrogen (secondary N) is 1. The standard InChI is InChI=1S/C16H14INO3/c1-11-5-2-3-8-14(11)16(20)21-10-15(19)18-13-7-4-6-12(17)9-13/h2-9H,10H2,1H3,(H,18,19). The number of esters is 1. The van der Waals surface area contributed by atoms with Gasteiger partial charge in [-0.05, 0) is 59.3 Å². The Morgan fingerprint density at radius 3 is 2.62 bits per heavy atom. The minimum Gasteiger partial charge on any atom is -0.452 e. The zero-order valence-corrected chi connectivity index (χ0v) is 13.6. The van der Waals surface area contributed by atoms with Crippen molar-refractivity contribution in [3.8, 4) is 0 Å². The van der Waals surface area contributed by atoms with Gasteiger partial charge in [0.05, 0.1) is 5.56 Å². The van der Waals surface area contributed by atoms with Gasteiger partial charge in [-0.2, -0.15) is 0 Å². The van der Waals surface area contributed by atoms with E-state index in [1.807, 2.05) is 37.3 Å². The van der Waals surface area contributed by atoms with Crippen molar-refractivity contribution >= 4 is 40.2 Å². The monoisotopic (exact) mass is 395 g/mol. The Morgan fingerprint density at radius 2 is 1.90 bits per heavy atom. The van der Waals surface area contributed by atoms with Gasteiger partial charge in [0.2, 0.25) is 0 Å². The van der Waals surface area contributed by atoms with E-state index < -0.39 is 5.97 Å². The first-order chi connectivity index (χ1) is 10.1. The molecule has 0 fully saturated rings. The average molecular weight is 395 g/mol. The highest BCUT2D eigenvalue weighted by Gasteiger charge is 2.12. The number of benzene rings is 2. The molecule has 0 atom stereocenters. The Labute approximate surface area is 136 Å². The molecule has 2 rings (SSSR count). The molecule has 1 N–H and O–H groups in total. The van der Waals surface area contributed by atoms with E-state index in [1.165, 1.54) is 0 Å². The normalized spacial score (nSPS) is 10.0. The molecule has 0 spiro atoms. The number of amides is 1. The number of carbonyl (C=O) groups excluding carboxylic acids is 2. The van der Waals surface area contributed by atoms with Crippen LogP contribution in [0.3, 0.4) is 0 Å². The summed E-state index contributed by atoms with van der Waals surface area (Å²) < 4.78 is 6.04. The van der Waals surface area contributed by atoms with Crippen molar-refractivity contribution in [3.05, 3.63) is 63.2 Å². The molecule has 2 aromatic rings. The molecule has 0 aliphatic carbocycles. The number of hydrogen-bond acceptors (Lipinski definition) is 3. The van der Waals surface area contributed by atoms with Crippen LogP contribution in [0.2, 0.25) is 0 Å². The van der Waals surface area contributed by atoms with Gasteiger partial charge in [-0.3, -0.25) is 4.79 Å². The van der Waals surface area contributed by atoms with E-state index in [0.29, 0.717) is 11.3 Å². The van der Waals surface area contributed by atoms with E-state index in [1.54, 1.807) is 18.2 Å². The van der Waals surface area contributed by atoms with Crippen LogP contribution < -0.4 is 5.32 Å². The summed E-state index contributed by atoms with van der Waals surface area (Å²) in [6.07, 6.45) is 0. The van der Waals surface area contributed by atoms with E-state index in [2.05, 4.69) is 27.9 Å². The third kappa shape index (κ3) is 4.56. The third-order valence-corrected chi connectivity index (χ3v) is 3.48. The van der Waals surface area contributed by atoms with E-state index in [4.69, 9.17) is 4.74 Å². The minimum atomic E-state index is -0.495.